The molecule has 1 fully saturated rings. The first-order valence-corrected chi connectivity index (χ1v) is 8.02. The second-order valence-corrected chi connectivity index (χ2v) is 6.00. The van der Waals surface area contributed by atoms with Gasteiger partial charge in [0, 0.05) is 31.0 Å². The van der Waals surface area contributed by atoms with Crippen LogP contribution in [-0.4, -0.2) is 38.7 Å². The fourth-order valence-corrected chi connectivity index (χ4v) is 3.17. The molecule has 3 aromatic rings. The largest absolute Gasteiger partial charge is 0.393 e. The van der Waals surface area contributed by atoms with Crippen LogP contribution in [0.15, 0.2) is 42.9 Å². The van der Waals surface area contributed by atoms with E-state index in [0.717, 1.165) is 48.7 Å². The Labute approximate surface area is 139 Å². The Morgan fingerprint density at radius 1 is 1.21 bits per heavy atom. The van der Waals surface area contributed by atoms with E-state index in [-0.39, 0.29) is 6.10 Å². The summed E-state index contributed by atoms with van der Waals surface area (Å²) in [5.74, 6) is 0.840. The third kappa shape index (κ3) is 2.49. The Bertz CT molecular complexity index is 919. The zero-order valence-electron chi connectivity index (χ0n) is 13.1. The third-order valence-corrected chi connectivity index (χ3v) is 4.46. The smallest absolute Gasteiger partial charge is 0.180 e. The quantitative estimate of drug-likeness (QED) is 0.784. The van der Waals surface area contributed by atoms with Crippen molar-refractivity contribution in [3.8, 4) is 17.3 Å². The minimum absolute atomic E-state index is 0.218. The first kappa shape index (κ1) is 14.7. The van der Waals surface area contributed by atoms with Crippen molar-refractivity contribution in [1.82, 2.24) is 14.4 Å². The molecule has 0 bridgehead atoms. The molecule has 1 N–H and O–H groups in total. The summed E-state index contributed by atoms with van der Waals surface area (Å²) in [5.41, 5.74) is 3.31. The number of hydrogen-bond donors (Lipinski definition) is 1. The molecule has 0 amide bonds. The Balaban J connectivity index is 1.78. The molecule has 0 radical (unpaired) electrons. The van der Waals surface area contributed by atoms with Gasteiger partial charge in [0.25, 0.3) is 0 Å². The number of aromatic nitrogens is 3. The van der Waals surface area contributed by atoms with E-state index in [2.05, 4.69) is 20.9 Å². The monoisotopic (exact) mass is 319 g/mol. The molecular weight excluding hydrogens is 302 g/mol. The van der Waals surface area contributed by atoms with Gasteiger partial charge in [-0.2, -0.15) is 5.26 Å². The molecule has 1 aromatic carbocycles. The predicted molar refractivity (Wildman–Crippen MR) is 90.6 cm³/mol. The van der Waals surface area contributed by atoms with E-state index in [1.54, 1.807) is 12.3 Å². The Morgan fingerprint density at radius 2 is 2.04 bits per heavy atom. The number of piperidine rings is 1. The lowest BCUT2D eigenvalue weighted by Gasteiger charge is -2.30. The van der Waals surface area contributed by atoms with Gasteiger partial charge in [-0.15, -0.1) is 0 Å². The molecule has 0 saturated carbocycles. The number of anilines is 1. The summed E-state index contributed by atoms with van der Waals surface area (Å²) in [6, 6.07) is 9.67. The summed E-state index contributed by atoms with van der Waals surface area (Å²) < 4.78 is 2.00. The first-order chi connectivity index (χ1) is 11.8. The highest BCUT2D eigenvalue weighted by Gasteiger charge is 2.21. The summed E-state index contributed by atoms with van der Waals surface area (Å²) in [5, 5.41) is 18.8. The molecule has 0 atom stereocenters. The second-order valence-electron chi connectivity index (χ2n) is 6.00. The zero-order valence-corrected chi connectivity index (χ0v) is 13.1. The molecule has 1 saturated heterocycles. The highest BCUT2D eigenvalue weighted by molar-refractivity contribution is 5.72. The molecule has 1 aliphatic heterocycles. The van der Waals surface area contributed by atoms with E-state index in [0.29, 0.717) is 5.56 Å². The average molecular weight is 319 g/mol. The number of fused-ring (bicyclic) bond motifs is 1. The van der Waals surface area contributed by atoms with Crippen molar-refractivity contribution in [2.75, 3.05) is 18.0 Å². The van der Waals surface area contributed by atoms with Crippen LogP contribution in [0.25, 0.3) is 16.9 Å². The molecule has 3 heterocycles. The van der Waals surface area contributed by atoms with Crippen LogP contribution >= 0.6 is 0 Å². The zero-order chi connectivity index (χ0) is 16.5. The van der Waals surface area contributed by atoms with E-state index < -0.39 is 0 Å². The van der Waals surface area contributed by atoms with Crippen molar-refractivity contribution in [3.63, 3.8) is 0 Å². The van der Waals surface area contributed by atoms with Crippen LogP contribution in [0, 0.1) is 11.3 Å². The second kappa shape index (κ2) is 5.95. The molecule has 0 unspecified atom stereocenters. The van der Waals surface area contributed by atoms with Crippen molar-refractivity contribution in [3.05, 3.63) is 48.4 Å². The number of rotatable bonds is 2. The van der Waals surface area contributed by atoms with E-state index >= 15 is 0 Å². The molecule has 0 aliphatic carbocycles. The topological polar surface area (TPSA) is 77.5 Å². The molecule has 1 aliphatic rings. The molecule has 0 spiro atoms. The van der Waals surface area contributed by atoms with Gasteiger partial charge in [0.05, 0.1) is 29.6 Å². The van der Waals surface area contributed by atoms with Gasteiger partial charge < -0.3 is 10.0 Å². The lowest BCUT2D eigenvalue weighted by atomic mass is 10.1. The molecule has 2 aromatic heterocycles. The van der Waals surface area contributed by atoms with Crippen LogP contribution in [-0.2, 0) is 0 Å². The van der Waals surface area contributed by atoms with Gasteiger partial charge in [-0.25, -0.2) is 9.97 Å². The number of aliphatic hydroxyl groups excluding tert-OH is 1. The number of nitriles is 1. The van der Waals surface area contributed by atoms with Crippen molar-refractivity contribution in [1.29, 1.82) is 5.26 Å². The van der Waals surface area contributed by atoms with Crippen LogP contribution in [0.5, 0.6) is 0 Å². The van der Waals surface area contributed by atoms with Gasteiger partial charge in [0.2, 0.25) is 0 Å². The maximum Gasteiger partial charge on any atom is 0.180 e. The van der Waals surface area contributed by atoms with Gasteiger partial charge in [0.1, 0.15) is 0 Å². The lowest BCUT2D eigenvalue weighted by Crippen LogP contribution is -2.36. The maximum atomic E-state index is 9.70. The lowest BCUT2D eigenvalue weighted by molar-refractivity contribution is 0.145. The van der Waals surface area contributed by atoms with Crippen molar-refractivity contribution in [2.45, 2.75) is 18.9 Å². The first-order valence-electron chi connectivity index (χ1n) is 8.02. The molecule has 120 valence electrons. The number of imidazole rings is 1. The van der Waals surface area contributed by atoms with Gasteiger partial charge in [-0.1, -0.05) is 12.1 Å². The van der Waals surface area contributed by atoms with Crippen molar-refractivity contribution >= 4 is 11.5 Å². The standard InChI is InChI=1S/C18H17N5O/c19-11-13-2-1-3-14(10-13)16-12-21-18-17(20-6-9-23(16)18)22-7-4-15(24)5-8-22/h1-3,6,9-10,12,15,24H,4-5,7-8H2. The van der Waals surface area contributed by atoms with Crippen LogP contribution in [0.2, 0.25) is 0 Å². The summed E-state index contributed by atoms with van der Waals surface area (Å²) >= 11 is 0. The summed E-state index contributed by atoms with van der Waals surface area (Å²) in [6.45, 7) is 1.56. The molecule has 6 nitrogen and oxygen atoms in total. The van der Waals surface area contributed by atoms with Gasteiger partial charge in [-0.05, 0) is 25.0 Å². The Hall–Kier alpha value is -2.91. The van der Waals surface area contributed by atoms with E-state index in [1.165, 1.54) is 0 Å². The highest BCUT2D eigenvalue weighted by Crippen LogP contribution is 2.27. The predicted octanol–water partition coefficient (Wildman–Crippen LogP) is 2.23. The Morgan fingerprint density at radius 3 is 2.83 bits per heavy atom. The average Bonchev–Trinajstić information content (AvgIpc) is 3.07. The molecular formula is C18H17N5O. The van der Waals surface area contributed by atoms with Crippen LogP contribution in [0.1, 0.15) is 18.4 Å². The number of benzene rings is 1. The van der Waals surface area contributed by atoms with Crippen LogP contribution in [0.3, 0.4) is 0 Å². The van der Waals surface area contributed by atoms with Crippen molar-refractivity contribution < 1.29 is 5.11 Å². The summed E-state index contributed by atoms with van der Waals surface area (Å²) in [7, 11) is 0. The minimum atomic E-state index is -0.218. The summed E-state index contributed by atoms with van der Waals surface area (Å²) in [4.78, 5) is 11.2. The molecule has 24 heavy (non-hydrogen) atoms. The van der Waals surface area contributed by atoms with E-state index in [4.69, 9.17) is 5.26 Å². The number of nitrogens with zero attached hydrogens (tertiary/aromatic N) is 5. The SMILES string of the molecule is N#Cc1cccc(-c2cnc3c(N4CCC(O)CC4)nccn23)c1. The maximum absolute atomic E-state index is 9.70. The normalized spacial score (nSPS) is 15.6. The molecule has 4 rings (SSSR count). The fraction of sp³-hybridized carbons (Fsp3) is 0.278. The van der Waals surface area contributed by atoms with Crippen molar-refractivity contribution in [2.24, 2.45) is 0 Å². The van der Waals surface area contributed by atoms with Crippen LogP contribution in [0.4, 0.5) is 5.82 Å². The fourth-order valence-electron chi connectivity index (χ4n) is 3.17. The third-order valence-electron chi connectivity index (χ3n) is 4.46. The number of aliphatic hydroxyl groups is 1. The van der Waals surface area contributed by atoms with E-state index in [1.807, 2.05) is 35.0 Å². The van der Waals surface area contributed by atoms with Gasteiger partial charge in [-0.3, -0.25) is 4.40 Å². The van der Waals surface area contributed by atoms with Gasteiger partial charge >= 0.3 is 0 Å². The highest BCUT2D eigenvalue weighted by atomic mass is 16.3. The molecule has 6 heteroatoms. The number of hydrogen-bond acceptors (Lipinski definition) is 5. The van der Waals surface area contributed by atoms with E-state index in [9.17, 15) is 5.11 Å². The summed E-state index contributed by atoms with van der Waals surface area (Å²) in [6.07, 6.45) is 6.76. The Kier molecular flexibility index (Phi) is 3.63. The van der Waals surface area contributed by atoms with Crippen LogP contribution < -0.4 is 4.90 Å². The van der Waals surface area contributed by atoms with Gasteiger partial charge in [0.15, 0.2) is 11.5 Å². The minimum Gasteiger partial charge on any atom is -0.393 e.